The maximum absolute atomic E-state index is 9.13. The second-order valence-electron chi connectivity index (χ2n) is 8.72. The first-order valence-corrected chi connectivity index (χ1v) is 12.0. The molecule has 0 radical (unpaired) electrons. The summed E-state index contributed by atoms with van der Waals surface area (Å²) in [6, 6.07) is 22.9. The van der Waals surface area contributed by atoms with Gasteiger partial charge in [0.05, 0.1) is 30.1 Å². The fraction of sp³-hybridized carbons (Fsp3) is 0.296. The predicted octanol–water partition coefficient (Wildman–Crippen LogP) is 3.71. The summed E-state index contributed by atoms with van der Waals surface area (Å²) in [5, 5.41) is 26.1. The largest absolute Gasteiger partial charge is 0.395 e. The fourth-order valence-corrected chi connectivity index (χ4v) is 4.52. The van der Waals surface area contributed by atoms with Crippen molar-refractivity contribution in [2.45, 2.75) is 12.8 Å². The van der Waals surface area contributed by atoms with Crippen LogP contribution in [0.5, 0.6) is 0 Å². The lowest BCUT2D eigenvalue weighted by Crippen LogP contribution is -2.47. The van der Waals surface area contributed by atoms with Gasteiger partial charge in [-0.25, -0.2) is 9.50 Å². The van der Waals surface area contributed by atoms with E-state index in [2.05, 4.69) is 68.6 Å². The highest BCUT2D eigenvalue weighted by atomic mass is 16.3. The molecule has 8 nitrogen and oxygen atoms in total. The van der Waals surface area contributed by atoms with E-state index in [0.717, 1.165) is 67.2 Å². The third-order valence-electron chi connectivity index (χ3n) is 6.42. The molecule has 1 saturated heterocycles. The molecule has 0 bridgehead atoms. The molecule has 0 spiro atoms. The number of aromatic nitrogens is 3. The SMILES string of the molecule is N#CCCc1cccc(-c2ccc3cnc(Nc4ccc(N5CCN(CCO)CC5)cc4)nn23)c1. The summed E-state index contributed by atoms with van der Waals surface area (Å²) in [5.41, 5.74) is 6.23. The summed E-state index contributed by atoms with van der Waals surface area (Å²) in [6.07, 6.45) is 3.07. The summed E-state index contributed by atoms with van der Waals surface area (Å²) >= 11 is 0. The van der Waals surface area contributed by atoms with Gasteiger partial charge in [-0.05, 0) is 54.4 Å². The number of β-amino-alcohol motifs (C(OH)–C–C–N with tert-alkyl or cyclic N) is 1. The van der Waals surface area contributed by atoms with Crippen molar-refractivity contribution in [1.82, 2.24) is 19.5 Å². The van der Waals surface area contributed by atoms with Crippen molar-refractivity contribution in [1.29, 1.82) is 5.26 Å². The molecule has 35 heavy (non-hydrogen) atoms. The van der Waals surface area contributed by atoms with E-state index in [1.54, 1.807) is 0 Å². The molecule has 0 aliphatic carbocycles. The van der Waals surface area contributed by atoms with E-state index < -0.39 is 0 Å². The number of benzene rings is 2. The molecule has 8 heteroatoms. The van der Waals surface area contributed by atoms with E-state index in [1.165, 1.54) is 5.69 Å². The van der Waals surface area contributed by atoms with Gasteiger partial charge in [0.1, 0.15) is 0 Å². The average Bonchev–Trinajstić information content (AvgIpc) is 3.32. The minimum Gasteiger partial charge on any atom is -0.395 e. The van der Waals surface area contributed by atoms with E-state index in [-0.39, 0.29) is 6.61 Å². The van der Waals surface area contributed by atoms with E-state index in [1.807, 2.05) is 28.9 Å². The van der Waals surface area contributed by atoms with Gasteiger partial charge in [0.25, 0.3) is 0 Å². The van der Waals surface area contributed by atoms with Gasteiger partial charge in [-0.3, -0.25) is 4.90 Å². The highest BCUT2D eigenvalue weighted by Crippen LogP contribution is 2.25. The molecule has 0 saturated carbocycles. The Bertz CT molecular complexity index is 1320. The van der Waals surface area contributed by atoms with Crippen LogP contribution in [0.4, 0.5) is 17.3 Å². The summed E-state index contributed by atoms with van der Waals surface area (Å²) in [6.45, 7) is 4.81. The van der Waals surface area contributed by atoms with Crippen LogP contribution in [-0.4, -0.2) is 63.9 Å². The monoisotopic (exact) mass is 467 g/mol. The van der Waals surface area contributed by atoms with Gasteiger partial charge in [0, 0.05) is 56.1 Å². The van der Waals surface area contributed by atoms with Gasteiger partial charge in [0.15, 0.2) is 0 Å². The Hall–Kier alpha value is -3.93. The van der Waals surface area contributed by atoms with Gasteiger partial charge in [0.2, 0.25) is 5.95 Å². The molecule has 0 atom stereocenters. The first-order valence-electron chi connectivity index (χ1n) is 12.0. The standard InChI is InChI=1S/C27H29N7O/c28-12-2-4-21-3-1-5-22(19-21)26-11-10-25-20-29-27(31-34(25)26)30-23-6-8-24(9-7-23)33-15-13-32(14-16-33)17-18-35/h1,3,5-11,19-20,35H,2,4,13-18H2,(H,30,31). The second-order valence-corrected chi connectivity index (χ2v) is 8.72. The van der Waals surface area contributed by atoms with Gasteiger partial charge < -0.3 is 15.3 Å². The Labute approximate surface area is 205 Å². The van der Waals surface area contributed by atoms with Crippen molar-refractivity contribution in [2.24, 2.45) is 0 Å². The Morgan fingerprint density at radius 2 is 1.83 bits per heavy atom. The van der Waals surface area contributed by atoms with Crippen LogP contribution >= 0.6 is 0 Å². The number of aryl methyl sites for hydroxylation is 1. The lowest BCUT2D eigenvalue weighted by Gasteiger charge is -2.35. The molecule has 1 aliphatic rings. The number of fused-ring (bicyclic) bond motifs is 1. The van der Waals surface area contributed by atoms with Crippen molar-refractivity contribution in [3.05, 3.63) is 72.4 Å². The van der Waals surface area contributed by atoms with Crippen molar-refractivity contribution in [2.75, 3.05) is 49.5 Å². The smallest absolute Gasteiger partial charge is 0.245 e. The van der Waals surface area contributed by atoms with Gasteiger partial charge >= 0.3 is 0 Å². The normalized spacial score (nSPS) is 14.2. The quantitative estimate of drug-likeness (QED) is 0.408. The van der Waals surface area contributed by atoms with Gasteiger partial charge in [-0.1, -0.05) is 18.2 Å². The number of nitrogens with one attached hydrogen (secondary N) is 1. The van der Waals surface area contributed by atoms with Crippen LogP contribution in [0, 0.1) is 11.3 Å². The molecule has 4 aromatic rings. The van der Waals surface area contributed by atoms with Crippen molar-refractivity contribution >= 4 is 22.8 Å². The van der Waals surface area contributed by atoms with E-state index >= 15 is 0 Å². The molecule has 0 unspecified atom stereocenters. The van der Waals surface area contributed by atoms with Gasteiger partial charge in [-0.2, -0.15) is 5.26 Å². The second kappa shape index (κ2) is 10.6. The zero-order valence-electron chi connectivity index (χ0n) is 19.6. The number of nitrogens with zero attached hydrogens (tertiary/aromatic N) is 6. The lowest BCUT2D eigenvalue weighted by atomic mass is 10.1. The molecule has 2 aromatic carbocycles. The zero-order valence-corrected chi connectivity index (χ0v) is 19.6. The Morgan fingerprint density at radius 1 is 1.00 bits per heavy atom. The highest BCUT2D eigenvalue weighted by Gasteiger charge is 2.16. The maximum Gasteiger partial charge on any atom is 0.245 e. The number of hydrogen-bond donors (Lipinski definition) is 2. The Morgan fingerprint density at radius 3 is 2.60 bits per heavy atom. The summed E-state index contributed by atoms with van der Waals surface area (Å²) < 4.78 is 1.90. The summed E-state index contributed by atoms with van der Waals surface area (Å²) in [5.74, 6) is 0.529. The van der Waals surface area contributed by atoms with Crippen LogP contribution in [0.15, 0.2) is 66.9 Å². The number of aliphatic hydroxyl groups excluding tert-OH is 1. The number of anilines is 3. The molecule has 0 amide bonds. The highest BCUT2D eigenvalue weighted by molar-refractivity contribution is 5.67. The van der Waals surface area contributed by atoms with Crippen LogP contribution < -0.4 is 10.2 Å². The van der Waals surface area contributed by atoms with Crippen LogP contribution in [0.25, 0.3) is 16.8 Å². The third kappa shape index (κ3) is 5.27. The van der Waals surface area contributed by atoms with E-state index in [0.29, 0.717) is 12.4 Å². The number of rotatable bonds is 8. The topological polar surface area (TPSA) is 92.7 Å². The molecular formula is C27H29N7O. The first kappa shape index (κ1) is 22.8. The molecule has 1 aliphatic heterocycles. The molecule has 178 valence electrons. The zero-order chi connectivity index (χ0) is 24.0. The molecule has 1 fully saturated rings. The van der Waals surface area contributed by atoms with Crippen LogP contribution in [0.3, 0.4) is 0 Å². The number of piperazine rings is 1. The lowest BCUT2D eigenvalue weighted by molar-refractivity contribution is 0.189. The molecule has 2 aromatic heterocycles. The third-order valence-corrected chi connectivity index (χ3v) is 6.42. The van der Waals surface area contributed by atoms with Crippen LogP contribution in [0.2, 0.25) is 0 Å². The minimum atomic E-state index is 0.216. The number of aliphatic hydroxyl groups is 1. The minimum absolute atomic E-state index is 0.216. The average molecular weight is 468 g/mol. The summed E-state index contributed by atoms with van der Waals surface area (Å²) in [4.78, 5) is 9.15. The first-order chi connectivity index (χ1) is 17.2. The molecular weight excluding hydrogens is 438 g/mol. The van der Waals surface area contributed by atoms with Crippen molar-refractivity contribution in [3.63, 3.8) is 0 Å². The number of nitriles is 1. The summed E-state index contributed by atoms with van der Waals surface area (Å²) in [7, 11) is 0. The molecule has 2 N–H and O–H groups in total. The van der Waals surface area contributed by atoms with Crippen molar-refractivity contribution in [3.8, 4) is 17.3 Å². The fourth-order valence-electron chi connectivity index (χ4n) is 4.52. The van der Waals surface area contributed by atoms with E-state index in [9.17, 15) is 0 Å². The number of hydrogen-bond acceptors (Lipinski definition) is 7. The Balaban J connectivity index is 1.30. The molecule has 5 rings (SSSR count). The predicted molar refractivity (Wildman–Crippen MR) is 138 cm³/mol. The molecule has 3 heterocycles. The maximum atomic E-state index is 9.13. The van der Waals surface area contributed by atoms with Crippen LogP contribution in [-0.2, 0) is 6.42 Å². The van der Waals surface area contributed by atoms with Gasteiger partial charge in [-0.15, -0.1) is 5.10 Å². The van der Waals surface area contributed by atoms with E-state index in [4.69, 9.17) is 15.5 Å². The van der Waals surface area contributed by atoms with Crippen molar-refractivity contribution < 1.29 is 5.11 Å². The van der Waals surface area contributed by atoms with Crippen LogP contribution in [0.1, 0.15) is 12.0 Å². The Kier molecular flexibility index (Phi) is 6.89.